The molecule has 1 heterocycles. The summed E-state index contributed by atoms with van der Waals surface area (Å²) in [4.78, 5) is 16.8. The monoisotopic (exact) mass is 434 g/mol. The number of nitrogens with one attached hydrogen (secondary N) is 1. The van der Waals surface area contributed by atoms with Crippen LogP contribution in [0, 0.1) is 6.92 Å². The van der Waals surface area contributed by atoms with Crippen molar-refractivity contribution < 1.29 is 17.7 Å². The summed E-state index contributed by atoms with van der Waals surface area (Å²) in [7, 11) is -2.01. The predicted molar refractivity (Wildman–Crippen MR) is 110 cm³/mol. The molecule has 0 radical (unpaired) electrons. The zero-order chi connectivity index (χ0) is 21.2. The van der Waals surface area contributed by atoms with Gasteiger partial charge in [-0.15, -0.1) is 0 Å². The molecule has 1 amide bonds. The Hall–Kier alpha value is -2.91. The highest BCUT2D eigenvalue weighted by Gasteiger charge is 2.19. The average molecular weight is 435 g/mol. The number of carbonyl (C=O) groups is 1. The van der Waals surface area contributed by atoms with Crippen molar-refractivity contribution in [1.29, 1.82) is 0 Å². The zero-order valence-corrected chi connectivity index (χ0v) is 17.6. The van der Waals surface area contributed by atoms with Crippen molar-refractivity contribution in [3.8, 4) is 11.4 Å². The molecular weight excluding hydrogens is 416 g/mol. The Kier molecular flexibility index (Phi) is 5.90. The van der Waals surface area contributed by atoms with Crippen molar-refractivity contribution in [3.05, 3.63) is 64.5 Å². The molecule has 29 heavy (non-hydrogen) atoms. The molecule has 1 N–H and O–H groups in total. The Morgan fingerprint density at radius 1 is 1.21 bits per heavy atom. The standard InChI is InChI=1S/C19H19ClN4O4S/c1-12-13(8-6-10-16(12)24(2)29(3,26)27)19(25)21-11-17-22-18(23-28-17)14-7-4-5-9-15(14)20/h4-10H,11H2,1-3H3,(H,21,25). The van der Waals surface area contributed by atoms with Crippen molar-refractivity contribution in [2.75, 3.05) is 17.6 Å². The SMILES string of the molecule is Cc1c(C(=O)NCc2nc(-c3ccccc3Cl)no2)cccc1N(C)S(C)(=O)=O. The van der Waals surface area contributed by atoms with E-state index in [1.807, 2.05) is 6.07 Å². The number of nitrogens with zero attached hydrogens (tertiary/aromatic N) is 3. The van der Waals surface area contributed by atoms with Gasteiger partial charge in [-0.25, -0.2) is 8.42 Å². The quantitative estimate of drug-likeness (QED) is 0.639. The van der Waals surface area contributed by atoms with Gasteiger partial charge in [-0.3, -0.25) is 9.10 Å². The third kappa shape index (κ3) is 4.57. The van der Waals surface area contributed by atoms with Crippen LogP contribution < -0.4 is 9.62 Å². The van der Waals surface area contributed by atoms with E-state index in [1.165, 1.54) is 7.05 Å². The summed E-state index contributed by atoms with van der Waals surface area (Å²) in [6, 6.07) is 12.0. The van der Waals surface area contributed by atoms with E-state index in [1.54, 1.807) is 43.3 Å². The number of anilines is 1. The fourth-order valence-electron chi connectivity index (χ4n) is 2.72. The van der Waals surface area contributed by atoms with Gasteiger partial charge in [-0.05, 0) is 36.8 Å². The topological polar surface area (TPSA) is 105 Å². The van der Waals surface area contributed by atoms with Gasteiger partial charge < -0.3 is 9.84 Å². The summed E-state index contributed by atoms with van der Waals surface area (Å²) >= 11 is 6.13. The Morgan fingerprint density at radius 3 is 2.62 bits per heavy atom. The first kappa shape index (κ1) is 20.8. The minimum atomic E-state index is -3.45. The Labute approximate surface area is 173 Å². The smallest absolute Gasteiger partial charge is 0.252 e. The third-order valence-corrected chi connectivity index (χ3v) is 5.89. The number of rotatable bonds is 6. The molecule has 1 aromatic heterocycles. The van der Waals surface area contributed by atoms with Crippen LogP contribution in [0.4, 0.5) is 5.69 Å². The van der Waals surface area contributed by atoms with Gasteiger partial charge in [0.1, 0.15) is 0 Å². The van der Waals surface area contributed by atoms with Gasteiger partial charge in [-0.1, -0.05) is 35.0 Å². The number of carbonyl (C=O) groups excluding carboxylic acids is 1. The Morgan fingerprint density at radius 2 is 1.93 bits per heavy atom. The van der Waals surface area contributed by atoms with E-state index >= 15 is 0 Å². The molecule has 0 aliphatic rings. The minimum absolute atomic E-state index is 0.0157. The molecule has 0 atom stereocenters. The molecule has 0 aliphatic carbocycles. The minimum Gasteiger partial charge on any atom is -0.343 e. The molecule has 8 nitrogen and oxygen atoms in total. The van der Waals surface area contributed by atoms with Gasteiger partial charge in [0.25, 0.3) is 5.91 Å². The number of benzene rings is 2. The maximum absolute atomic E-state index is 12.6. The molecule has 3 rings (SSSR count). The van der Waals surface area contributed by atoms with E-state index < -0.39 is 10.0 Å². The first-order valence-electron chi connectivity index (χ1n) is 8.57. The lowest BCUT2D eigenvalue weighted by atomic mass is 10.1. The number of sulfonamides is 1. The predicted octanol–water partition coefficient (Wildman–Crippen LogP) is 3.02. The summed E-state index contributed by atoms with van der Waals surface area (Å²) in [5, 5.41) is 7.08. The highest BCUT2D eigenvalue weighted by Crippen LogP contribution is 2.25. The van der Waals surface area contributed by atoms with E-state index in [4.69, 9.17) is 16.1 Å². The van der Waals surface area contributed by atoms with Crippen molar-refractivity contribution in [1.82, 2.24) is 15.5 Å². The van der Waals surface area contributed by atoms with E-state index in [2.05, 4.69) is 15.5 Å². The van der Waals surface area contributed by atoms with Crippen molar-refractivity contribution in [2.45, 2.75) is 13.5 Å². The maximum Gasteiger partial charge on any atom is 0.252 e. The highest BCUT2D eigenvalue weighted by molar-refractivity contribution is 7.92. The van der Waals surface area contributed by atoms with Gasteiger partial charge in [0, 0.05) is 18.2 Å². The van der Waals surface area contributed by atoms with Crippen LogP contribution in [-0.2, 0) is 16.6 Å². The number of hydrogen-bond donors (Lipinski definition) is 1. The second-order valence-electron chi connectivity index (χ2n) is 6.35. The Bertz CT molecular complexity index is 1160. The molecule has 0 unspecified atom stereocenters. The highest BCUT2D eigenvalue weighted by atomic mass is 35.5. The Balaban J connectivity index is 1.75. The van der Waals surface area contributed by atoms with Gasteiger partial charge in [0.2, 0.25) is 21.7 Å². The number of halogens is 1. The lowest BCUT2D eigenvalue weighted by molar-refractivity contribution is 0.0945. The lowest BCUT2D eigenvalue weighted by Crippen LogP contribution is -2.28. The van der Waals surface area contributed by atoms with Gasteiger partial charge in [0.15, 0.2) is 0 Å². The average Bonchev–Trinajstić information content (AvgIpc) is 3.14. The molecule has 152 valence electrons. The van der Waals surface area contributed by atoms with Crippen LogP contribution in [-0.4, -0.2) is 37.8 Å². The molecule has 0 saturated heterocycles. The molecule has 0 spiro atoms. The summed E-state index contributed by atoms with van der Waals surface area (Å²) < 4.78 is 29.9. The van der Waals surface area contributed by atoms with Crippen molar-refractivity contribution >= 4 is 33.2 Å². The first-order chi connectivity index (χ1) is 13.7. The summed E-state index contributed by atoms with van der Waals surface area (Å²) in [6.45, 7) is 1.70. The van der Waals surface area contributed by atoms with Gasteiger partial charge >= 0.3 is 0 Å². The van der Waals surface area contributed by atoms with Crippen LogP contribution in [0.2, 0.25) is 5.02 Å². The van der Waals surface area contributed by atoms with Crippen LogP contribution >= 0.6 is 11.6 Å². The molecule has 0 fully saturated rings. The summed E-state index contributed by atoms with van der Waals surface area (Å²) in [6.07, 6.45) is 1.10. The summed E-state index contributed by atoms with van der Waals surface area (Å²) in [5.74, 6) is 0.159. The number of amides is 1. The van der Waals surface area contributed by atoms with Crippen LogP contribution in [0.1, 0.15) is 21.8 Å². The van der Waals surface area contributed by atoms with Crippen molar-refractivity contribution in [3.63, 3.8) is 0 Å². The van der Waals surface area contributed by atoms with Crippen LogP contribution in [0.5, 0.6) is 0 Å². The second-order valence-corrected chi connectivity index (χ2v) is 8.78. The lowest BCUT2D eigenvalue weighted by Gasteiger charge is -2.20. The third-order valence-electron chi connectivity index (χ3n) is 4.37. The van der Waals surface area contributed by atoms with Gasteiger partial charge in [-0.2, -0.15) is 4.98 Å². The van der Waals surface area contributed by atoms with E-state index in [-0.39, 0.29) is 18.3 Å². The van der Waals surface area contributed by atoms with Gasteiger partial charge in [0.05, 0.1) is 23.5 Å². The molecule has 2 aromatic carbocycles. The van der Waals surface area contributed by atoms with Crippen LogP contribution in [0.15, 0.2) is 47.0 Å². The fraction of sp³-hybridized carbons (Fsp3) is 0.211. The maximum atomic E-state index is 12.6. The normalized spacial score (nSPS) is 11.3. The number of aromatic nitrogens is 2. The summed E-state index contributed by atoms with van der Waals surface area (Å²) in [5.41, 5.74) is 1.95. The van der Waals surface area contributed by atoms with E-state index in [9.17, 15) is 13.2 Å². The van der Waals surface area contributed by atoms with Crippen LogP contribution in [0.25, 0.3) is 11.4 Å². The zero-order valence-electron chi connectivity index (χ0n) is 16.0. The molecule has 10 heteroatoms. The first-order valence-corrected chi connectivity index (χ1v) is 10.8. The van der Waals surface area contributed by atoms with Crippen molar-refractivity contribution in [2.24, 2.45) is 0 Å². The molecular formula is C19H19ClN4O4S. The van der Waals surface area contributed by atoms with E-state index in [0.29, 0.717) is 33.2 Å². The largest absolute Gasteiger partial charge is 0.343 e. The molecule has 0 bridgehead atoms. The second kappa shape index (κ2) is 8.22. The fourth-order valence-corrected chi connectivity index (χ4v) is 3.49. The van der Waals surface area contributed by atoms with Crippen LogP contribution in [0.3, 0.4) is 0 Å². The van der Waals surface area contributed by atoms with E-state index in [0.717, 1.165) is 10.6 Å². The molecule has 3 aromatic rings. The number of hydrogen-bond acceptors (Lipinski definition) is 6. The molecule has 0 saturated carbocycles. The molecule has 0 aliphatic heterocycles.